The molecule has 0 saturated carbocycles. The van der Waals surface area contributed by atoms with E-state index in [0.29, 0.717) is 36.4 Å². The van der Waals surface area contributed by atoms with Crippen molar-refractivity contribution >= 4 is 11.9 Å². The fourth-order valence-corrected chi connectivity index (χ4v) is 2.90. The summed E-state index contributed by atoms with van der Waals surface area (Å²) in [6.07, 6.45) is 1.27. The van der Waals surface area contributed by atoms with Gasteiger partial charge in [-0.1, -0.05) is 0 Å². The predicted octanol–water partition coefficient (Wildman–Crippen LogP) is 2.03. The van der Waals surface area contributed by atoms with E-state index in [1.165, 1.54) is 14.2 Å². The maximum Gasteiger partial charge on any atom is 0.308 e. The number of rotatable bonds is 4. The van der Waals surface area contributed by atoms with Crippen molar-refractivity contribution in [2.75, 3.05) is 20.8 Å². The first kappa shape index (κ1) is 16.1. The lowest BCUT2D eigenvalue weighted by molar-refractivity contribution is -0.144. The van der Waals surface area contributed by atoms with Gasteiger partial charge in [-0.25, -0.2) is 0 Å². The fourth-order valence-electron chi connectivity index (χ4n) is 2.90. The van der Waals surface area contributed by atoms with E-state index >= 15 is 0 Å². The fraction of sp³-hybridized carbons (Fsp3) is 0.500. The zero-order chi connectivity index (χ0) is 16.3. The van der Waals surface area contributed by atoms with Crippen molar-refractivity contribution in [2.24, 2.45) is 5.92 Å². The number of aliphatic carboxylic acids is 1. The van der Waals surface area contributed by atoms with Crippen molar-refractivity contribution in [3.63, 3.8) is 0 Å². The lowest BCUT2D eigenvalue weighted by Gasteiger charge is -2.37. The minimum atomic E-state index is -0.859. The number of hydrogen-bond acceptors (Lipinski definition) is 4. The van der Waals surface area contributed by atoms with E-state index in [9.17, 15) is 14.7 Å². The highest BCUT2D eigenvalue weighted by Gasteiger charge is 2.36. The number of carboxylic acids is 1. The first-order valence-corrected chi connectivity index (χ1v) is 7.25. The third-order valence-corrected chi connectivity index (χ3v) is 4.20. The topological polar surface area (TPSA) is 76.1 Å². The summed E-state index contributed by atoms with van der Waals surface area (Å²) in [5.74, 6) is -0.606. The Bertz CT molecular complexity index is 572. The summed E-state index contributed by atoms with van der Waals surface area (Å²) >= 11 is 0. The maximum absolute atomic E-state index is 12.8. The molecular weight excluding hydrogens is 286 g/mol. The standard InChI is InChI=1S/C16H21NO5/c1-10-12(16(19)20)5-4-8-17(10)15(18)13-9-11(21-2)6-7-14(13)22-3/h6-7,9-10,12H,4-5,8H2,1-3H3,(H,19,20)/t10-,12-/m0/s1. The maximum atomic E-state index is 12.8. The monoisotopic (exact) mass is 307 g/mol. The largest absolute Gasteiger partial charge is 0.497 e. The van der Waals surface area contributed by atoms with Gasteiger partial charge in [0.2, 0.25) is 0 Å². The number of hydrogen-bond donors (Lipinski definition) is 1. The lowest BCUT2D eigenvalue weighted by atomic mass is 9.89. The SMILES string of the molecule is COc1ccc(OC)c(C(=O)N2CCC[C@H](C(=O)O)[C@@H]2C)c1. The van der Waals surface area contributed by atoms with E-state index in [1.807, 2.05) is 0 Å². The Morgan fingerprint density at radius 3 is 2.59 bits per heavy atom. The number of methoxy groups -OCH3 is 2. The molecule has 0 aromatic heterocycles. The molecule has 6 nitrogen and oxygen atoms in total. The Labute approximate surface area is 129 Å². The van der Waals surface area contributed by atoms with Crippen LogP contribution in [0.2, 0.25) is 0 Å². The normalized spacial score (nSPS) is 21.3. The van der Waals surface area contributed by atoms with Crippen LogP contribution in [0.25, 0.3) is 0 Å². The molecule has 1 aromatic rings. The Morgan fingerprint density at radius 1 is 1.27 bits per heavy atom. The smallest absolute Gasteiger partial charge is 0.308 e. The van der Waals surface area contributed by atoms with Crippen molar-refractivity contribution in [3.8, 4) is 11.5 Å². The van der Waals surface area contributed by atoms with Crippen molar-refractivity contribution < 1.29 is 24.2 Å². The molecule has 0 bridgehead atoms. The summed E-state index contributed by atoms with van der Waals surface area (Å²) in [6.45, 7) is 2.33. The summed E-state index contributed by atoms with van der Waals surface area (Å²) in [5.41, 5.74) is 0.389. The average molecular weight is 307 g/mol. The third kappa shape index (κ3) is 3.00. The van der Waals surface area contributed by atoms with Gasteiger partial charge in [0.05, 0.1) is 25.7 Å². The van der Waals surface area contributed by atoms with Crippen LogP contribution in [0.3, 0.4) is 0 Å². The molecule has 1 amide bonds. The van der Waals surface area contributed by atoms with E-state index in [-0.39, 0.29) is 11.9 Å². The van der Waals surface area contributed by atoms with E-state index in [4.69, 9.17) is 9.47 Å². The predicted molar refractivity (Wildman–Crippen MR) is 80.4 cm³/mol. The summed E-state index contributed by atoms with van der Waals surface area (Å²) in [5, 5.41) is 9.28. The first-order valence-electron chi connectivity index (χ1n) is 7.25. The quantitative estimate of drug-likeness (QED) is 0.921. The molecule has 22 heavy (non-hydrogen) atoms. The van der Waals surface area contributed by atoms with Gasteiger partial charge in [-0.15, -0.1) is 0 Å². The van der Waals surface area contributed by atoms with Gasteiger partial charge in [0.25, 0.3) is 5.91 Å². The van der Waals surface area contributed by atoms with Crippen LogP contribution in [-0.4, -0.2) is 48.7 Å². The van der Waals surface area contributed by atoms with Crippen LogP contribution in [0.4, 0.5) is 0 Å². The Morgan fingerprint density at radius 2 is 2.00 bits per heavy atom. The summed E-state index contributed by atoms with van der Waals surface area (Å²) in [7, 11) is 3.03. The van der Waals surface area contributed by atoms with E-state index in [2.05, 4.69) is 0 Å². The van der Waals surface area contributed by atoms with Gasteiger partial charge in [0.15, 0.2) is 0 Å². The van der Waals surface area contributed by atoms with Crippen molar-refractivity contribution in [2.45, 2.75) is 25.8 Å². The molecule has 120 valence electrons. The van der Waals surface area contributed by atoms with Gasteiger partial charge >= 0.3 is 5.97 Å². The first-order chi connectivity index (χ1) is 10.5. The van der Waals surface area contributed by atoms with Crippen molar-refractivity contribution in [3.05, 3.63) is 23.8 Å². The molecule has 1 saturated heterocycles. The Balaban J connectivity index is 2.32. The molecule has 0 aliphatic carbocycles. The number of benzene rings is 1. The van der Waals surface area contributed by atoms with Crippen molar-refractivity contribution in [1.29, 1.82) is 0 Å². The van der Waals surface area contributed by atoms with Gasteiger partial charge in [0.1, 0.15) is 11.5 Å². The molecule has 0 spiro atoms. The summed E-state index contributed by atoms with van der Waals surface area (Å²) in [4.78, 5) is 25.7. The zero-order valence-corrected chi connectivity index (χ0v) is 13.0. The van der Waals surface area contributed by atoms with Gasteiger partial charge in [-0.05, 0) is 38.0 Å². The zero-order valence-electron chi connectivity index (χ0n) is 13.0. The van der Waals surface area contributed by atoms with Gasteiger partial charge in [0, 0.05) is 12.6 Å². The van der Waals surface area contributed by atoms with E-state index < -0.39 is 11.9 Å². The number of nitrogens with zero attached hydrogens (tertiary/aromatic N) is 1. The summed E-state index contributed by atoms with van der Waals surface area (Å²) in [6, 6.07) is 4.66. The Kier molecular flexibility index (Phi) is 4.90. The van der Waals surface area contributed by atoms with Crippen LogP contribution >= 0.6 is 0 Å². The number of likely N-dealkylation sites (tertiary alicyclic amines) is 1. The molecule has 6 heteroatoms. The van der Waals surface area contributed by atoms with Crippen LogP contribution in [0.5, 0.6) is 11.5 Å². The van der Waals surface area contributed by atoms with E-state index in [0.717, 1.165) is 0 Å². The van der Waals surface area contributed by atoms with Gasteiger partial charge in [-0.2, -0.15) is 0 Å². The highest BCUT2D eigenvalue weighted by atomic mass is 16.5. The number of amides is 1. The molecule has 2 atom stereocenters. The number of carboxylic acid groups (broad SMARTS) is 1. The van der Waals surface area contributed by atoms with Crippen LogP contribution in [0, 0.1) is 5.92 Å². The molecule has 1 aliphatic heterocycles. The highest BCUT2D eigenvalue weighted by molar-refractivity contribution is 5.98. The second-order valence-electron chi connectivity index (χ2n) is 5.39. The molecule has 1 heterocycles. The lowest BCUT2D eigenvalue weighted by Crippen LogP contribution is -2.49. The van der Waals surface area contributed by atoms with Gasteiger partial charge in [-0.3, -0.25) is 9.59 Å². The molecule has 1 fully saturated rings. The van der Waals surface area contributed by atoms with Crippen LogP contribution in [-0.2, 0) is 4.79 Å². The average Bonchev–Trinajstić information content (AvgIpc) is 2.53. The van der Waals surface area contributed by atoms with Crippen LogP contribution < -0.4 is 9.47 Å². The third-order valence-electron chi connectivity index (χ3n) is 4.20. The van der Waals surface area contributed by atoms with E-state index in [1.54, 1.807) is 30.0 Å². The number of carbonyl (C=O) groups excluding carboxylic acids is 1. The number of ether oxygens (including phenoxy) is 2. The van der Waals surface area contributed by atoms with Crippen LogP contribution in [0.1, 0.15) is 30.1 Å². The molecule has 1 aliphatic rings. The second-order valence-corrected chi connectivity index (χ2v) is 5.39. The molecule has 0 unspecified atom stereocenters. The highest BCUT2D eigenvalue weighted by Crippen LogP contribution is 2.30. The Hall–Kier alpha value is -2.24. The minimum absolute atomic E-state index is 0.228. The van der Waals surface area contributed by atoms with Crippen LogP contribution in [0.15, 0.2) is 18.2 Å². The molecule has 2 rings (SSSR count). The molecular formula is C16H21NO5. The molecule has 1 aromatic carbocycles. The second kappa shape index (κ2) is 6.68. The summed E-state index contributed by atoms with van der Waals surface area (Å²) < 4.78 is 10.4. The molecule has 1 N–H and O–H groups in total. The number of piperidine rings is 1. The number of carbonyl (C=O) groups is 2. The van der Waals surface area contributed by atoms with Gasteiger partial charge < -0.3 is 19.5 Å². The molecule has 0 radical (unpaired) electrons. The minimum Gasteiger partial charge on any atom is -0.497 e. The van der Waals surface area contributed by atoms with Crippen molar-refractivity contribution in [1.82, 2.24) is 4.90 Å².